The van der Waals surface area contributed by atoms with Crippen molar-refractivity contribution in [2.45, 2.75) is 70.7 Å². The van der Waals surface area contributed by atoms with E-state index in [1.807, 2.05) is 0 Å². The van der Waals surface area contributed by atoms with E-state index in [2.05, 4.69) is 46.0 Å². The van der Waals surface area contributed by atoms with Gasteiger partial charge in [0.2, 0.25) is 0 Å². The van der Waals surface area contributed by atoms with Crippen LogP contribution in [-0.2, 0) is 9.22 Å². The van der Waals surface area contributed by atoms with Crippen molar-refractivity contribution in [3.05, 3.63) is 12.2 Å². The Balaban J connectivity index is 1.71. The molecule has 4 heteroatoms. The fraction of sp³-hybridized carbons (Fsp3) is 0.857. The summed E-state index contributed by atoms with van der Waals surface area (Å²) in [7, 11) is -1.73. The van der Waals surface area contributed by atoms with E-state index in [4.69, 9.17) is 4.43 Å². The number of carbonyl (C=O) groups excluding carboxylic acids is 1. The molecule has 2 fully saturated rings. The van der Waals surface area contributed by atoms with Crippen molar-refractivity contribution in [3.8, 4) is 0 Å². The number of hydrogen-bond donors (Lipinski definition) is 1. The summed E-state index contributed by atoms with van der Waals surface area (Å²) in [5.41, 5.74) is 0. The molecule has 3 aliphatic rings. The predicted octanol–water partition coefficient (Wildman–Crippen LogP) is 4.42. The monoisotopic (exact) mass is 364 g/mol. The molecule has 1 N–H and O–H groups in total. The minimum absolute atomic E-state index is 0.130. The number of carbonyl (C=O) groups is 1. The lowest BCUT2D eigenvalue weighted by atomic mass is 9.71. The van der Waals surface area contributed by atoms with Gasteiger partial charge in [-0.2, -0.15) is 0 Å². The van der Waals surface area contributed by atoms with Crippen molar-refractivity contribution < 1.29 is 14.3 Å². The molecule has 0 aliphatic heterocycles. The Morgan fingerprint density at radius 3 is 2.48 bits per heavy atom. The highest BCUT2D eigenvalue weighted by Crippen LogP contribution is 2.56. The highest BCUT2D eigenvalue weighted by atomic mass is 28.4. The maximum absolute atomic E-state index is 11.6. The van der Waals surface area contributed by atoms with Crippen LogP contribution in [0.15, 0.2) is 12.2 Å². The lowest BCUT2D eigenvalue weighted by Gasteiger charge is -2.38. The van der Waals surface area contributed by atoms with E-state index in [-0.39, 0.29) is 17.6 Å². The Kier molecular flexibility index (Phi) is 5.36. The maximum Gasteiger partial charge on any atom is 0.192 e. The highest BCUT2D eigenvalue weighted by molar-refractivity contribution is 6.74. The van der Waals surface area contributed by atoms with Gasteiger partial charge in [0.05, 0.1) is 0 Å². The van der Waals surface area contributed by atoms with Gasteiger partial charge in [0.25, 0.3) is 0 Å². The Bertz CT molecular complexity index is 522. The minimum atomic E-state index is -1.73. The van der Waals surface area contributed by atoms with Gasteiger partial charge >= 0.3 is 0 Å². The summed E-state index contributed by atoms with van der Waals surface area (Å²) in [6, 6.07) is 0. The zero-order valence-corrected chi connectivity index (χ0v) is 17.6. The number of rotatable bonds is 5. The van der Waals surface area contributed by atoms with E-state index in [9.17, 15) is 9.90 Å². The van der Waals surface area contributed by atoms with Gasteiger partial charge in [-0.1, -0.05) is 32.9 Å². The molecule has 0 unspecified atom stereocenters. The zero-order valence-electron chi connectivity index (χ0n) is 16.6. The van der Waals surface area contributed by atoms with Gasteiger partial charge in [-0.3, -0.25) is 0 Å². The molecule has 0 aromatic heterocycles. The standard InChI is InChI=1S/C21H36O3Si/c1-21(2,3)25(4,5)24-16-10-14-6-7-18-17(8-9-22)15(13-23)11-20(18)19(14)12-16/h6-7,13-20,22H,8-12H2,1-5H3/t14-,15-,16+,17+,18+,19+,20-/m0/s1. The van der Waals surface area contributed by atoms with Crippen LogP contribution in [0.2, 0.25) is 18.1 Å². The summed E-state index contributed by atoms with van der Waals surface area (Å²) in [6.07, 6.45) is 10.4. The van der Waals surface area contributed by atoms with Crippen molar-refractivity contribution in [2.24, 2.45) is 35.5 Å². The van der Waals surface area contributed by atoms with Gasteiger partial charge in [-0.15, -0.1) is 0 Å². The van der Waals surface area contributed by atoms with Gasteiger partial charge in [0.15, 0.2) is 8.32 Å². The maximum atomic E-state index is 11.6. The van der Waals surface area contributed by atoms with Gasteiger partial charge in [0.1, 0.15) is 6.29 Å². The zero-order chi connectivity index (χ0) is 18.4. The second-order valence-corrected chi connectivity index (χ2v) is 14.9. The highest BCUT2D eigenvalue weighted by Gasteiger charge is 2.52. The van der Waals surface area contributed by atoms with Crippen molar-refractivity contribution in [2.75, 3.05) is 6.61 Å². The van der Waals surface area contributed by atoms with Crippen molar-refractivity contribution in [3.63, 3.8) is 0 Å². The fourth-order valence-electron chi connectivity index (χ4n) is 5.43. The van der Waals surface area contributed by atoms with Crippen LogP contribution in [0.4, 0.5) is 0 Å². The number of allylic oxidation sites excluding steroid dienone is 2. The molecule has 0 aromatic carbocycles. The molecule has 0 radical (unpaired) electrons. The van der Waals surface area contributed by atoms with E-state index < -0.39 is 8.32 Å². The van der Waals surface area contributed by atoms with Crippen molar-refractivity contribution >= 4 is 14.6 Å². The Morgan fingerprint density at radius 1 is 1.16 bits per heavy atom. The SMILES string of the molecule is CC(C)(C)[Si](C)(C)O[C@H]1C[C@H]2[C@H]3C[C@@H](C=O)[C@@H](CCO)[C@H]3C=C[C@H]2C1. The third kappa shape index (κ3) is 3.54. The van der Waals surface area contributed by atoms with Crippen LogP contribution < -0.4 is 0 Å². The largest absolute Gasteiger partial charge is 0.414 e. The van der Waals surface area contributed by atoms with Crippen molar-refractivity contribution in [1.82, 2.24) is 0 Å². The Labute approximate surface area is 154 Å². The van der Waals surface area contributed by atoms with Crippen LogP contribution in [0.3, 0.4) is 0 Å². The normalized spacial score (nSPS) is 40.8. The van der Waals surface area contributed by atoms with Gasteiger partial charge in [-0.25, -0.2) is 0 Å². The number of hydrogen-bond acceptors (Lipinski definition) is 3. The predicted molar refractivity (Wildman–Crippen MR) is 104 cm³/mol. The van der Waals surface area contributed by atoms with E-state index in [0.29, 0.717) is 35.7 Å². The molecular weight excluding hydrogens is 328 g/mol. The lowest BCUT2D eigenvalue weighted by Crippen LogP contribution is -2.43. The van der Waals surface area contributed by atoms with Crippen LogP contribution in [0.5, 0.6) is 0 Å². The molecule has 2 saturated carbocycles. The van der Waals surface area contributed by atoms with Gasteiger partial charge < -0.3 is 14.3 Å². The summed E-state index contributed by atoms with van der Waals surface area (Å²) in [5.74, 6) is 2.84. The molecule has 0 amide bonds. The molecule has 142 valence electrons. The smallest absolute Gasteiger partial charge is 0.192 e. The average molecular weight is 365 g/mol. The van der Waals surface area contributed by atoms with E-state index in [1.54, 1.807) is 0 Å². The third-order valence-electron chi connectivity index (χ3n) is 7.74. The second-order valence-electron chi connectivity index (χ2n) is 10.1. The quantitative estimate of drug-likeness (QED) is 0.446. The molecule has 0 aromatic rings. The van der Waals surface area contributed by atoms with Crippen LogP contribution >= 0.6 is 0 Å². The first-order valence-corrected chi connectivity index (χ1v) is 13.0. The summed E-state index contributed by atoms with van der Waals surface area (Å²) in [4.78, 5) is 11.6. The first-order valence-electron chi connectivity index (χ1n) is 10.1. The summed E-state index contributed by atoms with van der Waals surface area (Å²) < 4.78 is 6.73. The van der Waals surface area contributed by atoms with Crippen LogP contribution in [0.1, 0.15) is 46.5 Å². The molecule has 25 heavy (non-hydrogen) atoms. The molecule has 3 aliphatic carbocycles. The first kappa shape index (κ1) is 19.3. The summed E-state index contributed by atoms with van der Waals surface area (Å²) in [6.45, 7) is 11.8. The van der Waals surface area contributed by atoms with E-state index >= 15 is 0 Å². The Hall–Kier alpha value is -0.453. The molecule has 3 nitrogen and oxygen atoms in total. The minimum Gasteiger partial charge on any atom is -0.414 e. The van der Waals surface area contributed by atoms with Gasteiger partial charge in [0, 0.05) is 18.6 Å². The fourth-order valence-corrected chi connectivity index (χ4v) is 6.81. The molecule has 0 bridgehead atoms. The molecule has 0 heterocycles. The topological polar surface area (TPSA) is 46.5 Å². The average Bonchev–Trinajstić information content (AvgIpc) is 3.06. The Morgan fingerprint density at radius 2 is 1.88 bits per heavy atom. The molecule has 7 atom stereocenters. The number of aliphatic hydroxyl groups excluding tert-OH is 1. The van der Waals surface area contributed by atoms with Gasteiger partial charge in [-0.05, 0) is 73.4 Å². The lowest BCUT2D eigenvalue weighted by molar-refractivity contribution is -0.112. The van der Waals surface area contributed by atoms with Crippen LogP contribution in [-0.4, -0.2) is 32.4 Å². The molecule has 3 rings (SSSR count). The number of aldehydes is 1. The third-order valence-corrected chi connectivity index (χ3v) is 12.3. The first-order chi connectivity index (χ1) is 11.7. The number of fused-ring (bicyclic) bond motifs is 3. The number of aliphatic hydroxyl groups is 1. The van der Waals surface area contributed by atoms with Crippen LogP contribution in [0, 0.1) is 35.5 Å². The summed E-state index contributed by atoms with van der Waals surface area (Å²) in [5, 5.41) is 9.66. The second kappa shape index (κ2) is 6.93. The summed E-state index contributed by atoms with van der Waals surface area (Å²) >= 11 is 0. The molecule has 0 saturated heterocycles. The van der Waals surface area contributed by atoms with Crippen LogP contribution in [0.25, 0.3) is 0 Å². The molecule has 0 spiro atoms. The van der Waals surface area contributed by atoms with E-state index in [1.165, 1.54) is 0 Å². The van der Waals surface area contributed by atoms with Crippen molar-refractivity contribution in [1.29, 1.82) is 0 Å². The van der Waals surface area contributed by atoms with E-state index in [0.717, 1.165) is 32.0 Å². The molecular formula is C21H36O3Si.